The maximum Gasteiger partial charge on any atom is 0.137 e. The monoisotopic (exact) mass is 348 g/mol. The van der Waals surface area contributed by atoms with E-state index in [1.54, 1.807) is 12.1 Å². The largest absolute Gasteiger partial charge is 0.382 e. The second kappa shape index (κ2) is 6.48. The minimum Gasteiger partial charge on any atom is -0.382 e. The zero-order chi connectivity index (χ0) is 14.7. The van der Waals surface area contributed by atoms with Crippen LogP contribution in [0.1, 0.15) is 12.8 Å². The summed E-state index contributed by atoms with van der Waals surface area (Å²) in [4.78, 5) is 2.42. The molecule has 0 atom stereocenters. The molecule has 3 rings (SSSR count). The Balaban J connectivity index is 1.57. The van der Waals surface area contributed by atoms with Crippen molar-refractivity contribution < 1.29 is 4.39 Å². The summed E-state index contributed by atoms with van der Waals surface area (Å²) in [5, 5.41) is 3.50. The summed E-state index contributed by atoms with van der Waals surface area (Å²) in [6.45, 7) is 2.09. The molecule has 2 aromatic carbocycles. The summed E-state index contributed by atoms with van der Waals surface area (Å²) >= 11 is 3.23. The van der Waals surface area contributed by atoms with Crippen LogP contribution < -0.4 is 10.2 Å². The number of piperidine rings is 1. The summed E-state index contributed by atoms with van der Waals surface area (Å²) in [5.74, 6) is -0.223. The van der Waals surface area contributed by atoms with Crippen molar-refractivity contribution in [1.29, 1.82) is 0 Å². The lowest BCUT2D eigenvalue weighted by Gasteiger charge is -2.34. The van der Waals surface area contributed by atoms with Crippen LogP contribution in [-0.2, 0) is 0 Å². The van der Waals surface area contributed by atoms with Gasteiger partial charge in [0.1, 0.15) is 5.82 Å². The number of para-hydroxylation sites is 1. The highest BCUT2D eigenvalue weighted by molar-refractivity contribution is 9.10. The van der Waals surface area contributed by atoms with Gasteiger partial charge in [-0.3, -0.25) is 0 Å². The molecule has 110 valence electrons. The van der Waals surface area contributed by atoms with Gasteiger partial charge in [-0.1, -0.05) is 18.2 Å². The van der Waals surface area contributed by atoms with Gasteiger partial charge in [-0.2, -0.15) is 0 Å². The normalized spacial score (nSPS) is 16.0. The fourth-order valence-corrected chi connectivity index (χ4v) is 3.12. The minimum atomic E-state index is -0.223. The molecule has 0 aromatic heterocycles. The molecular weight excluding hydrogens is 331 g/mol. The number of benzene rings is 2. The van der Waals surface area contributed by atoms with E-state index in [4.69, 9.17) is 0 Å². The van der Waals surface area contributed by atoms with Gasteiger partial charge < -0.3 is 10.2 Å². The molecule has 1 N–H and O–H groups in total. The van der Waals surface area contributed by atoms with Crippen molar-refractivity contribution in [2.24, 2.45) is 0 Å². The van der Waals surface area contributed by atoms with E-state index in [1.807, 2.05) is 6.07 Å². The highest BCUT2D eigenvalue weighted by Gasteiger charge is 2.19. The van der Waals surface area contributed by atoms with Crippen LogP contribution in [0.3, 0.4) is 0 Å². The van der Waals surface area contributed by atoms with Crippen molar-refractivity contribution in [1.82, 2.24) is 0 Å². The predicted octanol–water partition coefficient (Wildman–Crippen LogP) is 4.67. The van der Waals surface area contributed by atoms with Crippen LogP contribution in [0.15, 0.2) is 53.0 Å². The molecule has 0 aliphatic carbocycles. The molecule has 21 heavy (non-hydrogen) atoms. The SMILES string of the molecule is Fc1ccc(NC2CCN(c3ccccc3)CC2)cc1Br. The Labute approximate surface area is 133 Å². The minimum absolute atomic E-state index is 0.223. The van der Waals surface area contributed by atoms with Crippen molar-refractivity contribution >= 4 is 27.3 Å². The number of nitrogens with one attached hydrogen (secondary N) is 1. The highest BCUT2D eigenvalue weighted by atomic mass is 79.9. The first-order valence-electron chi connectivity index (χ1n) is 7.24. The molecule has 0 bridgehead atoms. The van der Waals surface area contributed by atoms with Gasteiger partial charge in [0.05, 0.1) is 4.47 Å². The van der Waals surface area contributed by atoms with E-state index in [9.17, 15) is 4.39 Å². The molecule has 0 spiro atoms. The van der Waals surface area contributed by atoms with Crippen molar-refractivity contribution in [3.05, 3.63) is 58.8 Å². The second-order valence-electron chi connectivity index (χ2n) is 5.37. The summed E-state index contributed by atoms with van der Waals surface area (Å²) < 4.78 is 13.7. The smallest absolute Gasteiger partial charge is 0.137 e. The predicted molar refractivity (Wildman–Crippen MR) is 89.4 cm³/mol. The van der Waals surface area contributed by atoms with E-state index in [2.05, 4.69) is 50.4 Å². The maximum absolute atomic E-state index is 13.2. The summed E-state index contributed by atoms with van der Waals surface area (Å²) in [7, 11) is 0. The first-order chi connectivity index (χ1) is 10.2. The zero-order valence-corrected chi connectivity index (χ0v) is 13.3. The standard InChI is InChI=1S/C17H18BrFN2/c18-16-12-14(6-7-17(16)19)20-13-8-10-21(11-9-13)15-4-2-1-3-5-15/h1-7,12-13,20H,8-11H2. The van der Waals surface area contributed by atoms with E-state index in [-0.39, 0.29) is 5.82 Å². The number of nitrogens with zero attached hydrogens (tertiary/aromatic N) is 1. The van der Waals surface area contributed by atoms with Gasteiger partial charge in [0, 0.05) is 30.5 Å². The molecule has 1 aliphatic rings. The third-order valence-corrected chi connectivity index (χ3v) is 4.51. The van der Waals surface area contributed by atoms with Crippen molar-refractivity contribution in [2.45, 2.75) is 18.9 Å². The lowest BCUT2D eigenvalue weighted by Crippen LogP contribution is -2.39. The molecule has 1 heterocycles. The topological polar surface area (TPSA) is 15.3 Å². The van der Waals surface area contributed by atoms with Crippen LogP contribution in [0.4, 0.5) is 15.8 Å². The van der Waals surface area contributed by atoms with E-state index in [0.717, 1.165) is 31.6 Å². The van der Waals surface area contributed by atoms with Gasteiger partial charge in [-0.05, 0) is 59.1 Å². The van der Waals surface area contributed by atoms with Crippen molar-refractivity contribution in [3.8, 4) is 0 Å². The lowest BCUT2D eigenvalue weighted by molar-refractivity contribution is 0.526. The molecule has 2 aromatic rings. The number of halogens is 2. The average Bonchev–Trinajstić information content (AvgIpc) is 2.53. The van der Waals surface area contributed by atoms with E-state index >= 15 is 0 Å². The molecule has 0 saturated carbocycles. The second-order valence-corrected chi connectivity index (χ2v) is 6.22. The first kappa shape index (κ1) is 14.4. The number of hydrogen-bond acceptors (Lipinski definition) is 2. The van der Waals surface area contributed by atoms with E-state index in [0.29, 0.717) is 10.5 Å². The Morgan fingerprint density at radius 1 is 1.05 bits per heavy atom. The quantitative estimate of drug-likeness (QED) is 0.866. The van der Waals surface area contributed by atoms with Gasteiger partial charge in [-0.25, -0.2) is 4.39 Å². The van der Waals surface area contributed by atoms with Gasteiger partial charge in [0.2, 0.25) is 0 Å². The van der Waals surface area contributed by atoms with Crippen LogP contribution in [0.5, 0.6) is 0 Å². The van der Waals surface area contributed by atoms with E-state index < -0.39 is 0 Å². The van der Waals surface area contributed by atoms with Crippen molar-refractivity contribution in [2.75, 3.05) is 23.3 Å². The van der Waals surface area contributed by atoms with Crippen LogP contribution in [-0.4, -0.2) is 19.1 Å². The summed E-state index contributed by atoms with van der Waals surface area (Å²) in [6.07, 6.45) is 2.17. The molecule has 2 nitrogen and oxygen atoms in total. The Kier molecular flexibility index (Phi) is 4.44. The fourth-order valence-electron chi connectivity index (χ4n) is 2.74. The fraction of sp³-hybridized carbons (Fsp3) is 0.294. The summed E-state index contributed by atoms with van der Waals surface area (Å²) in [5.41, 5.74) is 2.27. The molecule has 0 unspecified atom stereocenters. The van der Waals surface area contributed by atoms with E-state index in [1.165, 1.54) is 11.8 Å². The average molecular weight is 349 g/mol. The van der Waals surface area contributed by atoms with Gasteiger partial charge in [0.25, 0.3) is 0 Å². The Hall–Kier alpha value is -1.55. The first-order valence-corrected chi connectivity index (χ1v) is 8.03. The molecule has 1 saturated heterocycles. The number of rotatable bonds is 3. The van der Waals surface area contributed by atoms with Crippen molar-refractivity contribution in [3.63, 3.8) is 0 Å². The Morgan fingerprint density at radius 3 is 2.43 bits per heavy atom. The molecule has 4 heteroatoms. The zero-order valence-electron chi connectivity index (χ0n) is 11.7. The van der Waals surface area contributed by atoms with Crippen LogP contribution >= 0.6 is 15.9 Å². The van der Waals surface area contributed by atoms with Gasteiger partial charge in [-0.15, -0.1) is 0 Å². The van der Waals surface area contributed by atoms with Gasteiger partial charge in [0.15, 0.2) is 0 Å². The lowest BCUT2D eigenvalue weighted by atomic mass is 10.0. The van der Waals surface area contributed by atoms with Crippen LogP contribution in [0.2, 0.25) is 0 Å². The molecule has 1 aliphatic heterocycles. The molecule has 1 fully saturated rings. The Bertz CT molecular complexity index is 595. The third-order valence-electron chi connectivity index (χ3n) is 3.91. The molecular formula is C17H18BrFN2. The highest BCUT2D eigenvalue weighted by Crippen LogP contribution is 2.24. The number of hydrogen-bond donors (Lipinski definition) is 1. The van der Waals surface area contributed by atoms with Gasteiger partial charge >= 0.3 is 0 Å². The molecule has 0 radical (unpaired) electrons. The van der Waals surface area contributed by atoms with Crippen LogP contribution in [0.25, 0.3) is 0 Å². The Morgan fingerprint density at radius 2 is 1.76 bits per heavy atom. The summed E-state index contributed by atoms with van der Waals surface area (Å²) in [6, 6.07) is 16.1. The van der Waals surface area contributed by atoms with Crippen LogP contribution in [0, 0.1) is 5.82 Å². The third kappa shape index (κ3) is 3.56. The maximum atomic E-state index is 13.2. The molecule has 0 amide bonds. The number of anilines is 2.